The van der Waals surface area contributed by atoms with Gasteiger partial charge in [0.05, 0.1) is 12.1 Å². The molecule has 2 aliphatic heterocycles. The smallest absolute Gasteiger partial charge is 0.407 e. The maximum Gasteiger partial charge on any atom is 0.407 e. The fourth-order valence-corrected chi connectivity index (χ4v) is 2.78. The van der Waals surface area contributed by atoms with Crippen LogP contribution in [0.3, 0.4) is 0 Å². The molecule has 0 aromatic heterocycles. The molecule has 2 fully saturated rings. The van der Waals surface area contributed by atoms with Crippen molar-refractivity contribution in [1.82, 2.24) is 15.5 Å². The molecular weight excluding hydrogens is 258 g/mol. The van der Waals surface area contributed by atoms with Crippen LogP contribution in [0.15, 0.2) is 0 Å². The molecule has 2 saturated heterocycles. The third-order valence-corrected chi connectivity index (χ3v) is 3.64. The highest BCUT2D eigenvalue weighted by molar-refractivity contribution is 5.77. The normalized spacial score (nSPS) is 27.6. The predicted molar refractivity (Wildman–Crippen MR) is 75.4 cm³/mol. The molecule has 2 N–H and O–H groups in total. The first kappa shape index (κ1) is 15.1. The number of hydrogen-bond acceptors (Lipinski definition) is 4. The lowest BCUT2D eigenvalue weighted by Crippen LogP contribution is -2.54. The molecule has 2 rings (SSSR count). The van der Waals surface area contributed by atoms with Crippen molar-refractivity contribution >= 4 is 12.0 Å². The van der Waals surface area contributed by atoms with Gasteiger partial charge in [-0.15, -0.1) is 0 Å². The molecule has 0 bridgehead atoms. The largest absolute Gasteiger partial charge is 0.444 e. The lowest BCUT2D eigenvalue weighted by Gasteiger charge is -2.35. The Hall–Kier alpha value is -1.30. The number of amides is 2. The van der Waals surface area contributed by atoms with Crippen molar-refractivity contribution in [2.45, 2.75) is 57.7 Å². The van der Waals surface area contributed by atoms with E-state index in [0.717, 1.165) is 25.9 Å². The van der Waals surface area contributed by atoms with Crippen LogP contribution in [0, 0.1) is 0 Å². The molecule has 6 nitrogen and oxygen atoms in total. The highest BCUT2D eigenvalue weighted by Gasteiger charge is 2.37. The Bertz CT molecular complexity index is 378. The summed E-state index contributed by atoms with van der Waals surface area (Å²) in [7, 11) is 0. The molecular formula is C14H25N3O3. The van der Waals surface area contributed by atoms with Gasteiger partial charge in [0.25, 0.3) is 0 Å². The van der Waals surface area contributed by atoms with Crippen LogP contribution >= 0.6 is 0 Å². The Balaban J connectivity index is 1.93. The van der Waals surface area contributed by atoms with Crippen LogP contribution in [0.25, 0.3) is 0 Å². The van der Waals surface area contributed by atoms with Crippen molar-refractivity contribution in [3.05, 3.63) is 0 Å². The van der Waals surface area contributed by atoms with Gasteiger partial charge >= 0.3 is 6.09 Å². The Morgan fingerprint density at radius 3 is 2.75 bits per heavy atom. The first-order valence-corrected chi connectivity index (χ1v) is 7.36. The molecule has 2 heterocycles. The molecule has 2 aliphatic rings. The van der Waals surface area contributed by atoms with Gasteiger partial charge in [-0.1, -0.05) is 0 Å². The molecule has 2 atom stereocenters. The van der Waals surface area contributed by atoms with Gasteiger partial charge < -0.3 is 20.3 Å². The Morgan fingerprint density at radius 2 is 2.10 bits per heavy atom. The van der Waals surface area contributed by atoms with Crippen LogP contribution in [0.1, 0.15) is 40.0 Å². The van der Waals surface area contributed by atoms with Crippen molar-refractivity contribution in [3.63, 3.8) is 0 Å². The molecule has 20 heavy (non-hydrogen) atoms. The van der Waals surface area contributed by atoms with Gasteiger partial charge in [0.1, 0.15) is 5.60 Å². The molecule has 0 aromatic carbocycles. The minimum Gasteiger partial charge on any atom is -0.444 e. The van der Waals surface area contributed by atoms with Gasteiger partial charge in [0.2, 0.25) is 5.91 Å². The average molecular weight is 283 g/mol. The highest BCUT2D eigenvalue weighted by Crippen LogP contribution is 2.18. The van der Waals surface area contributed by atoms with E-state index in [0.29, 0.717) is 13.0 Å². The van der Waals surface area contributed by atoms with Crippen LogP contribution < -0.4 is 10.6 Å². The summed E-state index contributed by atoms with van der Waals surface area (Å²) < 4.78 is 5.28. The second-order valence-electron chi connectivity index (χ2n) is 6.52. The summed E-state index contributed by atoms with van der Waals surface area (Å²) in [6.45, 7) is 7.71. The Labute approximate surface area is 120 Å². The van der Waals surface area contributed by atoms with E-state index in [4.69, 9.17) is 4.74 Å². The number of ether oxygens (including phenoxy) is 1. The standard InChI is InChI=1S/C14H25N3O3/c1-14(2,3)20-13(19)16-10-8-15-9-11(10)17-7-5-4-6-12(17)18/h10-11,15H,4-9H2,1-3H3,(H,16,19). The number of likely N-dealkylation sites (tertiary alicyclic amines) is 1. The second kappa shape index (κ2) is 5.99. The molecule has 0 aliphatic carbocycles. The highest BCUT2D eigenvalue weighted by atomic mass is 16.6. The third kappa shape index (κ3) is 3.85. The van der Waals surface area contributed by atoms with Crippen molar-refractivity contribution in [1.29, 1.82) is 0 Å². The van der Waals surface area contributed by atoms with E-state index in [1.54, 1.807) is 0 Å². The van der Waals surface area contributed by atoms with Crippen LogP contribution in [0.2, 0.25) is 0 Å². The van der Waals surface area contributed by atoms with Crippen LogP contribution in [0.5, 0.6) is 0 Å². The number of nitrogens with zero attached hydrogens (tertiary/aromatic N) is 1. The quantitative estimate of drug-likeness (QED) is 0.788. The number of piperidine rings is 1. The molecule has 2 amide bonds. The van der Waals surface area contributed by atoms with E-state index >= 15 is 0 Å². The van der Waals surface area contributed by atoms with E-state index in [2.05, 4.69) is 10.6 Å². The number of nitrogens with one attached hydrogen (secondary N) is 2. The number of carbonyl (C=O) groups is 2. The van der Waals surface area contributed by atoms with Gasteiger partial charge in [-0.25, -0.2) is 4.79 Å². The molecule has 0 saturated carbocycles. The van der Waals surface area contributed by atoms with E-state index < -0.39 is 11.7 Å². The van der Waals surface area contributed by atoms with Gasteiger partial charge in [0.15, 0.2) is 0 Å². The summed E-state index contributed by atoms with van der Waals surface area (Å²) in [6, 6.07) is -0.0396. The van der Waals surface area contributed by atoms with Crippen LogP contribution in [-0.4, -0.2) is 54.2 Å². The fourth-order valence-electron chi connectivity index (χ4n) is 2.78. The first-order valence-electron chi connectivity index (χ1n) is 7.36. The third-order valence-electron chi connectivity index (χ3n) is 3.64. The molecule has 0 radical (unpaired) electrons. The van der Waals surface area contributed by atoms with Gasteiger partial charge in [-0.2, -0.15) is 0 Å². The van der Waals surface area contributed by atoms with Gasteiger partial charge in [-0.3, -0.25) is 4.79 Å². The summed E-state index contributed by atoms with van der Waals surface area (Å²) >= 11 is 0. The maximum atomic E-state index is 12.0. The van der Waals surface area contributed by atoms with Crippen molar-refractivity contribution in [2.24, 2.45) is 0 Å². The fraction of sp³-hybridized carbons (Fsp3) is 0.857. The van der Waals surface area contributed by atoms with Crippen molar-refractivity contribution in [2.75, 3.05) is 19.6 Å². The van der Waals surface area contributed by atoms with E-state index in [1.165, 1.54) is 0 Å². The zero-order chi connectivity index (χ0) is 14.8. The Kier molecular flexibility index (Phi) is 4.52. The monoisotopic (exact) mass is 283 g/mol. The topological polar surface area (TPSA) is 70.7 Å². The number of rotatable bonds is 2. The summed E-state index contributed by atoms with van der Waals surface area (Å²) in [5.74, 6) is 0.195. The zero-order valence-corrected chi connectivity index (χ0v) is 12.6. The molecule has 0 aromatic rings. The predicted octanol–water partition coefficient (Wildman–Crippen LogP) is 0.864. The van der Waals surface area contributed by atoms with Crippen LogP contribution in [-0.2, 0) is 9.53 Å². The van der Waals surface area contributed by atoms with E-state index in [-0.39, 0.29) is 18.0 Å². The summed E-state index contributed by atoms with van der Waals surface area (Å²) in [5, 5.41) is 6.13. The van der Waals surface area contributed by atoms with Crippen molar-refractivity contribution < 1.29 is 14.3 Å². The summed E-state index contributed by atoms with van der Waals surface area (Å²) in [4.78, 5) is 25.8. The Morgan fingerprint density at radius 1 is 1.35 bits per heavy atom. The minimum absolute atomic E-state index is 0.0373. The van der Waals surface area contributed by atoms with E-state index in [9.17, 15) is 9.59 Å². The molecule has 2 unspecified atom stereocenters. The maximum absolute atomic E-state index is 12.0. The number of alkyl carbamates (subject to hydrolysis) is 1. The SMILES string of the molecule is CC(C)(C)OC(=O)NC1CNCC1N1CCCCC1=O. The number of carbonyl (C=O) groups excluding carboxylic acids is 2. The zero-order valence-electron chi connectivity index (χ0n) is 12.6. The second-order valence-corrected chi connectivity index (χ2v) is 6.52. The molecule has 6 heteroatoms. The first-order chi connectivity index (χ1) is 9.37. The van der Waals surface area contributed by atoms with Crippen LogP contribution in [0.4, 0.5) is 4.79 Å². The van der Waals surface area contributed by atoms with E-state index in [1.807, 2.05) is 25.7 Å². The van der Waals surface area contributed by atoms with Gasteiger partial charge in [-0.05, 0) is 33.6 Å². The molecule has 114 valence electrons. The number of hydrogen-bond donors (Lipinski definition) is 2. The average Bonchev–Trinajstić information content (AvgIpc) is 2.75. The lowest BCUT2D eigenvalue weighted by molar-refractivity contribution is -0.135. The summed E-state index contributed by atoms with van der Waals surface area (Å²) in [5.41, 5.74) is -0.507. The molecule has 0 spiro atoms. The van der Waals surface area contributed by atoms with Gasteiger partial charge in [0, 0.05) is 26.1 Å². The summed E-state index contributed by atoms with van der Waals surface area (Å²) in [6.07, 6.45) is 2.22. The lowest BCUT2D eigenvalue weighted by atomic mass is 10.0. The minimum atomic E-state index is -0.507. The van der Waals surface area contributed by atoms with Crippen molar-refractivity contribution in [3.8, 4) is 0 Å².